The number of phenolic OH excluding ortho intramolecular Hbond substituents is 2. The second kappa shape index (κ2) is 15.0. The van der Waals surface area contributed by atoms with Crippen LogP contribution in [-0.2, 0) is 43.2 Å². The van der Waals surface area contributed by atoms with E-state index in [4.69, 9.17) is 11.5 Å². The zero-order chi connectivity index (χ0) is 31.5. The van der Waals surface area contributed by atoms with Crippen LogP contribution in [0.4, 0.5) is 0 Å². The maximum Gasteiger partial charge on any atom is 0.326 e. The molecule has 3 aromatic rings. The van der Waals surface area contributed by atoms with Crippen LogP contribution in [-0.4, -0.2) is 79.1 Å². The first kappa shape index (κ1) is 32.1. The van der Waals surface area contributed by atoms with Gasteiger partial charge >= 0.3 is 5.97 Å². The Labute approximate surface area is 245 Å². The number of aromatic amines is 1. The molecule has 15 heteroatoms. The Morgan fingerprint density at radius 3 is 1.67 bits per heavy atom. The first-order valence-corrected chi connectivity index (χ1v) is 13.1. The number of carbonyl (C=O) groups excluding carboxylic acids is 4. The third-order valence-electron chi connectivity index (χ3n) is 6.37. The van der Waals surface area contributed by atoms with Crippen LogP contribution in [0.1, 0.15) is 23.2 Å². The van der Waals surface area contributed by atoms with Gasteiger partial charge in [-0.15, -0.1) is 0 Å². The number of hydrogen-bond donors (Lipinski definition) is 9. The zero-order valence-electron chi connectivity index (χ0n) is 22.9. The van der Waals surface area contributed by atoms with Crippen LogP contribution >= 0.6 is 0 Å². The van der Waals surface area contributed by atoms with Crippen LogP contribution < -0.4 is 27.4 Å². The summed E-state index contributed by atoms with van der Waals surface area (Å²) in [6.45, 7) is 0. The highest BCUT2D eigenvalue weighted by molar-refractivity contribution is 5.95. The number of aliphatic carboxylic acids is 1. The number of nitrogens with two attached hydrogens (primary N) is 2. The number of nitrogens with zero attached hydrogens (tertiary/aromatic N) is 1. The normalized spacial score (nSPS) is 13.6. The molecule has 0 radical (unpaired) electrons. The number of nitrogens with one attached hydrogen (secondary N) is 4. The molecule has 0 aliphatic rings. The molecule has 0 spiro atoms. The smallest absolute Gasteiger partial charge is 0.326 e. The van der Waals surface area contributed by atoms with Gasteiger partial charge in [-0.1, -0.05) is 24.3 Å². The van der Waals surface area contributed by atoms with Crippen molar-refractivity contribution < 1.29 is 39.3 Å². The van der Waals surface area contributed by atoms with Gasteiger partial charge in [-0.2, -0.15) is 0 Å². The number of benzene rings is 2. The van der Waals surface area contributed by atoms with Crippen molar-refractivity contribution in [3.05, 3.63) is 77.9 Å². The number of carboxylic acid groups (broad SMARTS) is 1. The molecule has 4 atom stereocenters. The van der Waals surface area contributed by atoms with Gasteiger partial charge in [0.1, 0.15) is 29.6 Å². The summed E-state index contributed by atoms with van der Waals surface area (Å²) in [4.78, 5) is 69.5. The number of phenols is 2. The van der Waals surface area contributed by atoms with E-state index in [0.29, 0.717) is 16.8 Å². The summed E-state index contributed by atoms with van der Waals surface area (Å²) in [5, 5.41) is 36.4. The average Bonchev–Trinajstić information content (AvgIpc) is 3.47. The summed E-state index contributed by atoms with van der Waals surface area (Å²) in [6, 6.07) is 6.30. The van der Waals surface area contributed by atoms with E-state index in [1.165, 1.54) is 61.1 Å². The van der Waals surface area contributed by atoms with Crippen LogP contribution in [0.15, 0.2) is 61.1 Å². The fourth-order valence-electron chi connectivity index (χ4n) is 4.10. The number of amides is 4. The summed E-state index contributed by atoms with van der Waals surface area (Å²) in [5.74, 6) is -4.65. The average molecular weight is 596 g/mol. The molecule has 0 bridgehead atoms. The Bertz CT molecular complexity index is 1410. The molecule has 0 saturated carbocycles. The number of rotatable bonds is 15. The molecule has 0 aliphatic carbocycles. The van der Waals surface area contributed by atoms with Crippen molar-refractivity contribution in [3.63, 3.8) is 0 Å². The van der Waals surface area contributed by atoms with Crippen molar-refractivity contribution in [2.24, 2.45) is 11.5 Å². The highest BCUT2D eigenvalue weighted by Gasteiger charge is 2.31. The fourth-order valence-corrected chi connectivity index (χ4v) is 4.10. The first-order chi connectivity index (χ1) is 20.4. The molecule has 0 fully saturated rings. The molecule has 4 unspecified atom stereocenters. The molecule has 43 heavy (non-hydrogen) atoms. The van der Waals surface area contributed by atoms with Gasteiger partial charge < -0.3 is 47.7 Å². The van der Waals surface area contributed by atoms with Gasteiger partial charge in [0.2, 0.25) is 23.6 Å². The Balaban J connectivity index is 1.84. The molecule has 1 heterocycles. The number of hydrogen-bond acceptors (Lipinski definition) is 9. The van der Waals surface area contributed by atoms with Gasteiger partial charge in [0.05, 0.1) is 18.8 Å². The molecule has 0 saturated heterocycles. The monoisotopic (exact) mass is 595 g/mol. The first-order valence-electron chi connectivity index (χ1n) is 13.1. The summed E-state index contributed by atoms with van der Waals surface area (Å²) in [6.07, 6.45) is 2.02. The molecule has 228 valence electrons. The summed E-state index contributed by atoms with van der Waals surface area (Å²) in [7, 11) is 0. The van der Waals surface area contributed by atoms with E-state index in [0.717, 1.165) is 0 Å². The molecular formula is C28H33N7O8. The van der Waals surface area contributed by atoms with E-state index in [1.54, 1.807) is 0 Å². The summed E-state index contributed by atoms with van der Waals surface area (Å²) in [5.41, 5.74) is 12.4. The highest BCUT2D eigenvalue weighted by atomic mass is 16.4. The molecule has 11 N–H and O–H groups in total. The zero-order valence-corrected chi connectivity index (χ0v) is 22.9. The second-order valence-corrected chi connectivity index (χ2v) is 9.82. The lowest BCUT2D eigenvalue weighted by Crippen LogP contribution is -2.58. The number of carboxylic acids is 1. The standard InChI is InChI=1S/C28H33N7O8/c29-20(12-24(30)38)25(39)33-22(11-17-13-31-14-32-17)27(41)34-21(9-15-1-5-18(36)6-2-15)26(40)35-23(28(42)43)10-16-3-7-19(37)8-4-16/h1-8,13-14,20-23,36-37H,9-12,29H2,(H2,30,38)(H,31,32)(H,33,39)(H,34,41)(H,35,40)(H,42,43). The number of H-pyrrole nitrogens is 1. The maximum absolute atomic E-state index is 13.5. The third kappa shape index (κ3) is 10.2. The van der Waals surface area contributed by atoms with E-state index in [1.807, 2.05) is 0 Å². The largest absolute Gasteiger partial charge is 0.508 e. The maximum atomic E-state index is 13.5. The molecule has 0 aliphatic heterocycles. The lowest BCUT2D eigenvalue weighted by atomic mass is 10.0. The molecule has 3 rings (SSSR count). The van der Waals surface area contributed by atoms with Gasteiger partial charge in [0, 0.05) is 31.2 Å². The van der Waals surface area contributed by atoms with Crippen molar-refractivity contribution >= 4 is 29.6 Å². The lowest BCUT2D eigenvalue weighted by molar-refractivity contribution is -0.142. The summed E-state index contributed by atoms with van der Waals surface area (Å²) >= 11 is 0. The number of imidazole rings is 1. The van der Waals surface area contributed by atoms with E-state index in [-0.39, 0.29) is 30.8 Å². The quantitative estimate of drug-likeness (QED) is 0.0991. The predicted molar refractivity (Wildman–Crippen MR) is 151 cm³/mol. The number of primary amides is 1. The lowest BCUT2D eigenvalue weighted by Gasteiger charge is -2.25. The van der Waals surface area contributed by atoms with Crippen LogP contribution in [0.3, 0.4) is 0 Å². The van der Waals surface area contributed by atoms with E-state index >= 15 is 0 Å². The van der Waals surface area contributed by atoms with Crippen molar-refractivity contribution in [1.82, 2.24) is 25.9 Å². The van der Waals surface area contributed by atoms with Gasteiger partial charge in [-0.25, -0.2) is 9.78 Å². The van der Waals surface area contributed by atoms with Gasteiger partial charge in [-0.05, 0) is 35.4 Å². The number of carbonyl (C=O) groups is 5. The van der Waals surface area contributed by atoms with Gasteiger partial charge in [0.15, 0.2) is 0 Å². The van der Waals surface area contributed by atoms with Crippen molar-refractivity contribution in [3.8, 4) is 11.5 Å². The molecule has 4 amide bonds. The predicted octanol–water partition coefficient (Wildman–Crippen LogP) is -1.41. The van der Waals surface area contributed by atoms with Crippen molar-refractivity contribution in [2.75, 3.05) is 0 Å². The summed E-state index contributed by atoms with van der Waals surface area (Å²) < 4.78 is 0. The Morgan fingerprint density at radius 1 is 0.744 bits per heavy atom. The molecule has 1 aromatic heterocycles. The number of aromatic nitrogens is 2. The second-order valence-electron chi connectivity index (χ2n) is 9.82. The minimum atomic E-state index is -1.39. The van der Waals surface area contributed by atoms with Crippen LogP contribution in [0.2, 0.25) is 0 Å². The molecule has 2 aromatic carbocycles. The minimum Gasteiger partial charge on any atom is -0.508 e. The van der Waals surface area contributed by atoms with E-state index in [9.17, 15) is 39.3 Å². The Kier molecular flexibility index (Phi) is 11.2. The molecule has 15 nitrogen and oxygen atoms in total. The van der Waals surface area contributed by atoms with Crippen molar-refractivity contribution in [1.29, 1.82) is 0 Å². The SMILES string of the molecule is NC(=O)CC(N)C(=O)NC(Cc1cnc[nH]1)C(=O)NC(Cc1ccc(O)cc1)C(=O)NC(Cc1ccc(O)cc1)C(=O)O. The minimum absolute atomic E-state index is 0.0105. The van der Waals surface area contributed by atoms with E-state index in [2.05, 4.69) is 25.9 Å². The van der Waals surface area contributed by atoms with E-state index < -0.39 is 60.2 Å². The van der Waals surface area contributed by atoms with Crippen LogP contribution in [0.5, 0.6) is 11.5 Å². The fraction of sp³-hybridized carbons (Fsp3) is 0.286. The van der Waals surface area contributed by atoms with Crippen molar-refractivity contribution in [2.45, 2.75) is 49.9 Å². The van der Waals surface area contributed by atoms with Crippen LogP contribution in [0, 0.1) is 0 Å². The number of aromatic hydroxyl groups is 2. The highest BCUT2D eigenvalue weighted by Crippen LogP contribution is 2.14. The Hall–Kier alpha value is -5.44. The molecular weight excluding hydrogens is 562 g/mol. The third-order valence-corrected chi connectivity index (χ3v) is 6.37. The van der Waals surface area contributed by atoms with Crippen LogP contribution in [0.25, 0.3) is 0 Å². The van der Waals surface area contributed by atoms with Gasteiger partial charge in [-0.3, -0.25) is 19.2 Å². The Morgan fingerprint density at radius 2 is 1.21 bits per heavy atom. The van der Waals surface area contributed by atoms with Gasteiger partial charge in [0.25, 0.3) is 0 Å². The topological polar surface area (TPSA) is 263 Å².